The molecule has 0 bridgehead atoms. The van der Waals surface area contributed by atoms with E-state index in [0.29, 0.717) is 0 Å². The molecule has 0 radical (unpaired) electrons. The molecule has 1 heterocycles. The monoisotopic (exact) mass is 207 g/mol. The normalized spacial score (nSPS) is 31.6. The second kappa shape index (κ2) is 2.76. The van der Waals surface area contributed by atoms with Crippen molar-refractivity contribution in [1.82, 2.24) is 4.90 Å². The standard InChI is InChI=1S/C6H7F6N/c1-3-2-13(3)6(11,12)4(7)5(8,9)10/h3-4H,2H2,1H3. The zero-order chi connectivity index (χ0) is 10.4. The Balaban J connectivity index is 2.69. The first kappa shape index (κ1) is 10.6. The van der Waals surface area contributed by atoms with Gasteiger partial charge in [0.25, 0.3) is 6.17 Å². The fourth-order valence-corrected chi connectivity index (χ4v) is 0.996. The fourth-order valence-electron chi connectivity index (χ4n) is 0.996. The Morgan fingerprint density at radius 2 is 1.62 bits per heavy atom. The van der Waals surface area contributed by atoms with Crippen molar-refractivity contribution in [3.63, 3.8) is 0 Å². The highest BCUT2D eigenvalue weighted by molar-refractivity contribution is 4.96. The zero-order valence-electron chi connectivity index (χ0n) is 6.58. The lowest BCUT2D eigenvalue weighted by Gasteiger charge is -2.23. The third-order valence-corrected chi connectivity index (χ3v) is 1.83. The van der Waals surface area contributed by atoms with Crippen LogP contribution < -0.4 is 0 Å². The van der Waals surface area contributed by atoms with Gasteiger partial charge in [-0.2, -0.15) is 22.0 Å². The molecule has 1 aliphatic heterocycles. The number of halogens is 6. The fraction of sp³-hybridized carbons (Fsp3) is 1.00. The van der Waals surface area contributed by atoms with Crippen molar-refractivity contribution in [2.45, 2.75) is 31.4 Å². The maximum absolute atomic E-state index is 12.6. The largest absolute Gasteiger partial charge is 0.427 e. The summed E-state index contributed by atoms with van der Waals surface area (Å²) in [6.45, 7) is 1.10. The summed E-state index contributed by atoms with van der Waals surface area (Å²) in [6.07, 6.45) is -9.61. The Morgan fingerprint density at radius 1 is 1.23 bits per heavy atom. The lowest BCUT2D eigenvalue weighted by molar-refractivity contribution is -0.271. The van der Waals surface area contributed by atoms with E-state index in [9.17, 15) is 26.3 Å². The van der Waals surface area contributed by atoms with E-state index in [1.54, 1.807) is 0 Å². The highest BCUT2D eigenvalue weighted by Crippen LogP contribution is 2.42. The number of nitrogens with zero attached hydrogens (tertiary/aromatic N) is 1. The molecule has 1 nitrogen and oxygen atoms in total. The summed E-state index contributed by atoms with van der Waals surface area (Å²) in [5, 5.41) is 0. The first-order chi connectivity index (χ1) is 5.67. The maximum Gasteiger partial charge on any atom is 0.427 e. The van der Waals surface area contributed by atoms with E-state index in [-0.39, 0.29) is 11.4 Å². The topological polar surface area (TPSA) is 3.01 Å². The quantitative estimate of drug-likeness (QED) is 0.381. The lowest BCUT2D eigenvalue weighted by Crippen LogP contribution is -2.47. The predicted octanol–water partition coefficient (Wildman–Crippen LogP) is 2.18. The summed E-state index contributed by atoms with van der Waals surface area (Å²) >= 11 is 0. The average Bonchev–Trinajstić information content (AvgIpc) is 2.63. The van der Waals surface area contributed by atoms with Gasteiger partial charge in [0.1, 0.15) is 0 Å². The SMILES string of the molecule is CC1CN1C(F)(F)C(F)C(F)(F)F. The van der Waals surface area contributed by atoms with Gasteiger partial charge < -0.3 is 0 Å². The van der Waals surface area contributed by atoms with E-state index in [4.69, 9.17) is 0 Å². The van der Waals surface area contributed by atoms with E-state index in [2.05, 4.69) is 0 Å². The number of rotatable bonds is 2. The van der Waals surface area contributed by atoms with Gasteiger partial charge in [-0.3, -0.25) is 0 Å². The van der Waals surface area contributed by atoms with Crippen LogP contribution in [0.1, 0.15) is 6.92 Å². The van der Waals surface area contributed by atoms with Gasteiger partial charge in [0.15, 0.2) is 0 Å². The van der Waals surface area contributed by atoms with Gasteiger partial charge in [0, 0.05) is 12.6 Å². The third kappa shape index (κ3) is 1.90. The van der Waals surface area contributed by atoms with Gasteiger partial charge in [-0.15, -0.1) is 0 Å². The van der Waals surface area contributed by atoms with Crippen LogP contribution in [0.15, 0.2) is 0 Å². The summed E-state index contributed by atoms with van der Waals surface area (Å²) in [5.74, 6) is 0. The molecule has 0 amide bonds. The molecule has 1 rings (SSSR count). The Labute approximate surface area is 70.3 Å². The second-order valence-electron chi connectivity index (χ2n) is 2.99. The first-order valence-electron chi connectivity index (χ1n) is 3.52. The molecule has 0 N–H and O–H groups in total. The summed E-state index contributed by atoms with van der Waals surface area (Å²) in [5.41, 5.74) is 0. The molecule has 7 heteroatoms. The Morgan fingerprint density at radius 3 is 1.85 bits per heavy atom. The molecule has 1 saturated heterocycles. The van der Waals surface area contributed by atoms with Crippen molar-refractivity contribution >= 4 is 0 Å². The van der Waals surface area contributed by atoms with Crippen LogP contribution in [0.3, 0.4) is 0 Å². The van der Waals surface area contributed by atoms with Gasteiger partial charge in [-0.25, -0.2) is 9.29 Å². The van der Waals surface area contributed by atoms with Gasteiger partial charge in [0.2, 0.25) is 0 Å². The van der Waals surface area contributed by atoms with Crippen LogP contribution in [0.25, 0.3) is 0 Å². The molecular weight excluding hydrogens is 200 g/mol. The van der Waals surface area contributed by atoms with Crippen LogP contribution in [-0.2, 0) is 0 Å². The minimum Gasteiger partial charge on any atom is -0.236 e. The predicted molar refractivity (Wildman–Crippen MR) is 32.1 cm³/mol. The van der Waals surface area contributed by atoms with E-state index in [1.807, 2.05) is 0 Å². The second-order valence-corrected chi connectivity index (χ2v) is 2.99. The van der Waals surface area contributed by atoms with Crippen LogP contribution in [0.5, 0.6) is 0 Å². The Hall–Kier alpha value is -0.460. The Bertz CT molecular complexity index is 200. The molecule has 0 aliphatic carbocycles. The average molecular weight is 207 g/mol. The van der Waals surface area contributed by atoms with Crippen molar-refractivity contribution < 1.29 is 26.3 Å². The molecule has 0 aromatic carbocycles. The van der Waals surface area contributed by atoms with Gasteiger partial charge >= 0.3 is 12.2 Å². The highest BCUT2D eigenvalue weighted by atomic mass is 19.4. The van der Waals surface area contributed by atoms with Crippen LogP contribution in [0, 0.1) is 0 Å². The summed E-state index contributed by atoms with van der Waals surface area (Å²) in [6, 6.07) is -5.12. The third-order valence-electron chi connectivity index (χ3n) is 1.83. The summed E-state index contributed by atoms with van der Waals surface area (Å²) < 4.78 is 72.1. The molecule has 0 aromatic rings. The number of hydrogen-bond acceptors (Lipinski definition) is 1. The lowest BCUT2D eigenvalue weighted by atomic mass is 10.3. The van der Waals surface area contributed by atoms with E-state index in [0.717, 1.165) is 0 Å². The van der Waals surface area contributed by atoms with E-state index < -0.39 is 24.4 Å². The van der Waals surface area contributed by atoms with Crippen LogP contribution in [-0.4, -0.2) is 35.9 Å². The van der Waals surface area contributed by atoms with Gasteiger partial charge in [-0.05, 0) is 6.92 Å². The smallest absolute Gasteiger partial charge is 0.236 e. The van der Waals surface area contributed by atoms with Crippen molar-refractivity contribution in [1.29, 1.82) is 0 Å². The Kier molecular flexibility index (Phi) is 2.26. The van der Waals surface area contributed by atoms with Crippen molar-refractivity contribution in [2.75, 3.05) is 6.54 Å². The molecule has 3 unspecified atom stereocenters. The molecule has 3 atom stereocenters. The molecule has 78 valence electrons. The number of alkyl halides is 6. The van der Waals surface area contributed by atoms with Crippen LogP contribution in [0.2, 0.25) is 0 Å². The van der Waals surface area contributed by atoms with Crippen molar-refractivity contribution in [2.24, 2.45) is 0 Å². The first-order valence-corrected chi connectivity index (χ1v) is 3.52. The maximum atomic E-state index is 12.6. The molecule has 0 saturated carbocycles. The molecular formula is C6H7F6N. The minimum absolute atomic E-state index is 0.172. The van der Waals surface area contributed by atoms with Crippen molar-refractivity contribution in [3.8, 4) is 0 Å². The van der Waals surface area contributed by atoms with Crippen LogP contribution >= 0.6 is 0 Å². The number of hydrogen-bond donors (Lipinski definition) is 0. The van der Waals surface area contributed by atoms with E-state index >= 15 is 0 Å². The molecule has 1 aliphatic rings. The summed E-state index contributed by atoms with van der Waals surface area (Å²) in [7, 11) is 0. The zero-order valence-corrected chi connectivity index (χ0v) is 6.58. The van der Waals surface area contributed by atoms with Gasteiger partial charge in [0.05, 0.1) is 0 Å². The molecule has 0 aromatic heterocycles. The molecule has 0 spiro atoms. The van der Waals surface area contributed by atoms with Crippen LogP contribution in [0.4, 0.5) is 26.3 Å². The highest BCUT2D eigenvalue weighted by Gasteiger charge is 2.64. The van der Waals surface area contributed by atoms with E-state index in [1.165, 1.54) is 6.92 Å². The summed E-state index contributed by atoms with van der Waals surface area (Å²) in [4.78, 5) is 0.172. The van der Waals surface area contributed by atoms with Gasteiger partial charge in [-0.1, -0.05) is 0 Å². The molecule has 1 fully saturated rings. The minimum atomic E-state index is -5.51. The van der Waals surface area contributed by atoms with Crippen molar-refractivity contribution in [3.05, 3.63) is 0 Å². The molecule has 13 heavy (non-hydrogen) atoms.